The van der Waals surface area contributed by atoms with E-state index in [0.29, 0.717) is 0 Å². The summed E-state index contributed by atoms with van der Waals surface area (Å²) in [5.74, 6) is 1.71. The van der Waals surface area contributed by atoms with Crippen LogP contribution in [0.2, 0.25) is 0 Å². The molecular weight excluding hydrogens is 657 g/mol. The van der Waals surface area contributed by atoms with Gasteiger partial charge in [-0.05, 0) is 108 Å². The predicted octanol–water partition coefficient (Wildman–Crippen LogP) is 13.9. The number of hydrogen-bond acceptors (Lipinski definition) is 5. The number of fused-ring (bicyclic) bond motifs is 3. The summed E-state index contributed by atoms with van der Waals surface area (Å²) in [7, 11) is 0. The van der Waals surface area contributed by atoms with Gasteiger partial charge in [0, 0.05) is 44.5 Å². The highest BCUT2D eigenvalue weighted by Gasteiger charge is 2.16. The van der Waals surface area contributed by atoms with Gasteiger partial charge in [-0.3, -0.25) is 0 Å². The van der Waals surface area contributed by atoms with E-state index in [4.69, 9.17) is 13.8 Å². The normalized spacial score (nSPS) is 11.5. The van der Waals surface area contributed by atoms with Crippen LogP contribution in [0.1, 0.15) is 0 Å². The molecule has 0 aliphatic rings. The molecule has 0 unspecified atom stereocenters. The van der Waals surface area contributed by atoms with E-state index in [2.05, 4.69) is 144 Å². The molecule has 5 heteroatoms. The Kier molecular flexibility index (Phi) is 7.29. The van der Waals surface area contributed by atoms with Crippen molar-refractivity contribution in [3.8, 4) is 44.3 Å². The average Bonchev–Trinajstić information content (AvgIpc) is 3.96. The summed E-state index contributed by atoms with van der Waals surface area (Å²) in [6.45, 7) is 0. The van der Waals surface area contributed by atoms with E-state index >= 15 is 0 Å². The second-order valence-corrected chi connectivity index (χ2v) is 13.9. The molecule has 3 heterocycles. The van der Waals surface area contributed by atoms with Crippen molar-refractivity contribution in [1.82, 2.24) is 4.98 Å². The number of anilines is 3. The smallest absolute Gasteiger partial charge is 0.135 e. The largest absolute Gasteiger partial charge is 0.456 e. The van der Waals surface area contributed by atoms with Gasteiger partial charge in [0.05, 0.1) is 10.2 Å². The van der Waals surface area contributed by atoms with Gasteiger partial charge < -0.3 is 13.7 Å². The molecule has 52 heavy (non-hydrogen) atoms. The topological polar surface area (TPSA) is 42.4 Å². The Morgan fingerprint density at radius 2 is 0.885 bits per heavy atom. The van der Waals surface area contributed by atoms with Crippen molar-refractivity contribution in [2.75, 3.05) is 4.90 Å². The third kappa shape index (κ3) is 5.54. The van der Waals surface area contributed by atoms with Crippen LogP contribution >= 0.6 is 11.3 Å². The summed E-state index contributed by atoms with van der Waals surface area (Å²) in [6, 6.07) is 63.3. The van der Waals surface area contributed by atoms with Gasteiger partial charge in [0.25, 0.3) is 0 Å². The molecule has 0 N–H and O–H groups in total. The minimum atomic E-state index is 0.854. The zero-order chi connectivity index (χ0) is 34.4. The van der Waals surface area contributed by atoms with E-state index in [1.54, 1.807) is 11.3 Å². The fraction of sp³-hybridized carbons (Fsp3) is 0. The maximum Gasteiger partial charge on any atom is 0.135 e. The molecule has 3 aromatic heterocycles. The summed E-state index contributed by atoms with van der Waals surface area (Å²) in [4.78, 5) is 7.18. The molecule has 10 rings (SSSR count). The Morgan fingerprint density at radius 1 is 0.404 bits per heavy atom. The minimum absolute atomic E-state index is 0.854. The number of nitrogens with zero attached hydrogens (tertiary/aromatic N) is 2. The lowest BCUT2D eigenvalue weighted by atomic mass is 10.0. The fourth-order valence-corrected chi connectivity index (χ4v) is 7.87. The van der Waals surface area contributed by atoms with Crippen molar-refractivity contribution in [2.24, 2.45) is 0 Å². The molecule has 0 bridgehead atoms. The van der Waals surface area contributed by atoms with Crippen molar-refractivity contribution in [2.45, 2.75) is 0 Å². The van der Waals surface area contributed by atoms with Crippen LogP contribution in [-0.4, -0.2) is 4.98 Å². The maximum atomic E-state index is 6.18. The quantitative estimate of drug-likeness (QED) is 0.167. The molecule has 0 aliphatic carbocycles. The SMILES string of the molecule is c1ccc(-c2nc3ccc(-c4ccc(N(c5ccc(-c6cc7ccccc7o6)cc5)c5ccc(-c6cc7ccccc7o6)cc5)cc4)cc3s2)cc1. The highest BCUT2D eigenvalue weighted by molar-refractivity contribution is 7.21. The van der Waals surface area contributed by atoms with Crippen LogP contribution in [0.4, 0.5) is 17.1 Å². The number of benzene rings is 7. The van der Waals surface area contributed by atoms with Gasteiger partial charge in [0.15, 0.2) is 0 Å². The Bertz CT molecular complexity index is 2650. The number of furan rings is 2. The van der Waals surface area contributed by atoms with Gasteiger partial charge in [0.1, 0.15) is 27.7 Å². The third-order valence-electron chi connectivity index (χ3n) is 9.54. The molecular formula is C47H30N2O2S. The van der Waals surface area contributed by atoms with Gasteiger partial charge in [-0.1, -0.05) is 84.9 Å². The number of para-hydroxylation sites is 2. The maximum absolute atomic E-state index is 6.18. The Labute approximate surface area is 304 Å². The number of aromatic nitrogens is 1. The van der Waals surface area contributed by atoms with Crippen molar-refractivity contribution in [3.63, 3.8) is 0 Å². The van der Waals surface area contributed by atoms with Crippen molar-refractivity contribution >= 4 is 60.6 Å². The van der Waals surface area contributed by atoms with Crippen LogP contribution in [0.15, 0.2) is 191 Å². The zero-order valence-corrected chi connectivity index (χ0v) is 28.8. The van der Waals surface area contributed by atoms with Crippen molar-refractivity contribution in [3.05, 3.63) is 182 Å². The van der Waals surface area contributed by atoms with Crippen LogP contribution < -0.4 is 4.90 Å². The monoisotopic (exact) mass is 686 g/mol. The highest BCUT2D eigenvalue weighted by atomic mass is 32.1. The second-order valence-electron chi connectivity index (χ2n) is 12.8. The first kappa shape index (κ1) is 30.2. The molecule has 4 nitrogen and oxygen atoms in total. The summed E-state index contributed by atoms with van der Waals surface area (Å²) >= 11 is 1.73. The van der Waals surface area contributed by atoms with Gasteiger partial charge in [-0.25, -0.2) is 4.98 Å². The van der Waals surface area contributed by atoms with Gasteiger partial charge in [0.2, 0.25) is 0 Å². The number of thiazole rings is 1. The molecule has 7 aromatic carbocycles. The summed E-state index contributed by atoms with van der Waals surface area (Å²) < 4.78 is 13.5. The first-order valence-corrected chi connectivity index (χ1v) is 18.1. The van der Waals surface area contributed by atoms with Crippen LogP contribution in [0.25, 0.3) is 76.5 Å². The molecule has 0 atom stereocenters. The Balaban J connectivity index is 1.00. The van der Waals surface area contributed by atoms with E-state index in [0.717, 1.165) is 83.3 Å². The first-order valence-electron chi connectivity index (χ1n) is 17.3. The van der Waals surface area contributed by atoms with Crippen LogP contribution in [0, 0.1) is 0 Å². The van der Waals surface area contributed by atoms with Crippen LogP contribution in [0.3, 0.4) is 0 Å². The number of hydrogen-bond donors (Lipinski definition) is 0. The zero-order valence-electron chi connectivity index (χ0n) is 27.9. The van der Waals surface area contributed by atoms with E-state index in [-0.39, 0.29) is 0 Å². The molecule has 10 aromatic rings. The lowest BCUT2D eigenvalue weighted by molar-refractivity contribution is 0.631. The summed E-state index contributed by atoms with van der Waals surface area (Å²) in [5, 5.41) is 3.23. The minimum Gasteiger partial charge on any atom is -0.456 e. The van der Waals surface area contributed by atoms with Crippen molar-refractivity contribution < 1.29 is 8.83 Å². The van der Waals surface area contributed by atoms with Gasteiger partial charge in [-0.2, -0.15) is 0 Å². The standard InChI is InChI=1S/C47H30N2O2S/c1-2-8-34(9-3-1)47-48-41-27-20-35(30-46(41)52-47)31-14-21-38(22-15-31)49(39-23-16-32(17-24-39)44-28-36-10-4-6-12-42(36)50-44)40-25-18-33(19-26-40)45-29-37-11-5-7-13-43(37)51-45/h1-30H. The Hall–Kier alpha value is -6.69. The molecule has 0 fully saturated rings. The first-order chi connectivity index (χ1) is 25.7. The summed E-state index contributed by atoms with van der Waals surface area (Å²) in [5.41, 5.74) is 11.5. The van der Waals surface area contributed by atoms with E-state index in [1.807, 2.05) is 42.5 Å². The highest BCUT2D eigenvalue weighted by Crippen LogP contribution is 2.39. The van der Waals surface area contributed by atoms with Crippen LogP contribution in [-0.2, 0) is 0 Å². The summed E-state index contributed by atoms with van der Waals surface area (Å²) in [6.07, 6.45) is 0. The fourth-order valence-electron chi connectivity index (χ4n) is 6.86. The van der Waals surface area contributed by atoms with E-state index < -0.39 is 0 Å². The lowest BCUT2D eigenvalue weighted by Crippen LogP contribution is -2.09. The second kappa shape index (κ2) is 12.6. The Morgan fingerprint density at radius 3 is 1.42 bits per heavy atom. The van der Waals surface area contributed by atoms with E-state index in [1.165, 1.54) is 10.3 Å². The van der Waals surface area contributed by atoms with Gasteiger partial charge >= 0.3 is 0 Å². The average molecular weight is 687 g/mol. The predicted molar refractivity (Wildman–Crippen MR) is 216 cm³/mol. The third-order valence-corrected chi connectivity index (χ3v) is 10.6. The van der Waals surface area contributed by atoms with E-state index in [9.17, 15) is 0 Å². The lowest BCUT2D eigenvalue weighted by Gasteiger charge is -2.26. The molecule has 0 spiro atoms. The van der Waals surface area contributed by atoms with Gasteiger partial charge in [-0.15, -0.1) is 11.3 Å². The molecule has 246 valence electrons. The molecule has 0 saturated heterocycles. The van der Waals surface area contributed by atoms with Crippen LogP contribution in [0.5, 0.6) is 0 Å². The number of rotatable bonds is 7. The van der Waals surface area contributed by atoms with Crippen molar-refractivity contribution in [1.29, 1.82) is 0 Å². The molecule has 0 aliphatic heterocycles. The molecule has 0 amide bonds. The molecule has 0 radical (unpaired) electrons. The molecule has 0 saturated carbocycles.